The van der Waals surface area contributed by atoms with E-state index in [9.17, 15) is 0 Å². The summed E-state index contributed by atoms with van der Waals surface area (Å²) in [4.78, 5) is 5.68. The second-order valence-electron chi connectivity index (χ2n) is 7.17. The predicted molar refractivity (Wildman–Crippen MR) is 66.9 cm³/mol. The molecule has 3 atom stereocenters. The molecule has 0 spiro atoms. The minimum Gasteiger partial charge on any atom is -0.301 e. The maximum Gasteiger partial charge on any atom is 0.0705 e. The molecule has 2 nitrogen and oxygen atoms in total. The number of hydroxylamine groups is 1. The summed E-state index contributed by atoms with van der Waals surface area (Å²) in [5.41, 5.74) is 4.23. The molecule has 2 rings (SSSR count). The lowest BCUT2D eigenvalue weighted by atomic mass is 9.69. The number of nitrogens with one attached hydrogen (secondary N) is 1. The second-order valence-corrected chi connectivity index (χ2v) is 7.17. The van der Waals surface area contributed by atoms with Gasteiger partial charge >= 0.3 is 0 Å². The van der Waals surface area contributed by atoms with E-state index in [0.717, 1.165) is 12.5 Å². The third-order valence-electron chi connectivity index (χ3n) is 4.89. The van der Waals surface area contributed by atoms with Crippen molar-refractivity contribution in [1.82, 2.24) is 5.48 Å². The molecule has 0 aromatic heterocycles. The molecule has 2 fully saturated rings. The first-order valence-electron chi connectivity index (χ1n) is 6.73. The summed E-state index contributed by atoms with van der Waals surface area (Å²) < 4.78 is 0. The van der Waals surface area contributed by atoms with Gasteiger partial charge in [0, 0.05) is 6.04 Å². The van der Waals surface area contributed by atoms with Crippen molar-refractivity contribution < 1.29 is 4.84 Å². The van der Waals surface area contributed by atoms with Crippen LogP contribution in [0.4, 0.5) is 0 Å². The fraction of sp³-hybridized carbons (Fsp3) is 1.00. The van der Waals surface area contributed by atoms with Crippen LogP contribution in [0.5, 0.6) is 0 Å². The van der Waals surface area contributed by atoms with Crippen LogP contribution < -0.4 is 5.48 Å². The smallest absolute Gasteiger partial charge is 0.0705 e. The van der Waals surface area contributed by atoms with Gasteiger partial charge in [-0.3, -0.25) is 0 Å². The Morgan fingerprint density at radius 3 is 2.50 bits per heavy atom. The van der Waals surface area contributed by atoms with Crippen molar-refractivity contribution in [3.63, 3.8) is 0 Å². The number of rotatable bonds is 4. The molecule has 94 valence electrons. The summed E-state index contributed by atoms with van der Waals surface area (Å²) in [6, 6.07) is 0.525. The average Bonchev–Trinajstić information content (AvgIpc) is 2.62. The molecule has 2 aliphatic rings. The Morgan fingerprint density at radius 2 is 2.00 bits per heavy atom. The summed E-state index contributed by atoms with van der Waals surface area (Å²) in [6.07, 6.45) is 4.15. The molecule has 0 radical (unpaired) electrons. The first kappa shape index (κ1) is 12.4. The van der Waals surface area contributed by atoms with Gasteiger partial charge in [-0.25, -0.2) is 0 Å². The molecule has 0 heterocycles. The molecule has 2 aliphatic carbocycles. The van der Waals surface area contributed by atoms with E-state index in [1.54, 1.807) is 0 Å². The SMILES string of the molecule is CC(C)CONC1C2(C)CCC(C2)C1(C)C. The van der Waals surface area contributed by atoms with Gasteiger partial charge in [0.1, 0.15) is 0 Å². The Kier molecular flexibility index (Phi) is 3.09. The third kappa shape index (κ3) is 1.91. The van der Waals surface area contributed by atoms with Crippen molar-refractivity contribution >= 4 is 0 Å². The Hall–Kier alpha value is -0.0800. The fourth-order valence-electron chi connectivity index (χ4n) is 3.89. The van der Waals surface area contributed by atoms with Gasteiger partial charge in [-0.15, -0.1) is 0 Å². The van der Waals surface area contributed by atoms with Crippen molar-refractivity contribution in [1.29, 1.82) is 0 Å². The van der Waals surface area contributed by atoms with E-state index in [2.05, 4.69) is 40.1 Å². The van der Waals surface area contributed by atoms with Crippen LogP contribution in [0.2, 0.25) is 0 Å². The van der Waals surface area contributed by atoms with Crippen LogP contribution in [0.3, 0.4) is 0 Å². The molecule has 0 aromatic carbocycles. The van der Waals surface area contributed by atoms with Crippen LogP contribution >= 0.6 is 0 Å². The van der Waals surface area contributed by atoms with E-state index in [1.807, 2.05) is 0 Å². The van der Waals surface area contributed by atoms with E-state index >= 15 is 0 Å². The molecule has 2 heteroatoms. The topological polar surface area (TPSA) is 21.3 Å². The summed E-state index contributed by atoms with van der Waals surface area (Å²) in [7, 11) is 0. The van der Waals surface area contributed by atoms with Crippen molar-refractivity contribution in [2.45, 2.75) is 59.9 Å². The van der Waals surface area contributed by atoms with Crippen LogP contribution in [0.1, 0.15) is 53.9 Å². The highest BCUT2D eigenvalue weighted by atomic mass is 16.6. The Bertz CT molecular complexity index is 257. The second kappa shape index (κ2) is 3.99. The van der Waals surface area contributed by atoms with E-state index in [1.165, 1.54) is 19.3 Å². The summed E-state index contributed by atoms with van der Waals surface area (Å²) >= 11 is 0. The van der Waals surface area contributed by atoms with E-state index in [4.69, 9.17) is 4.84 Å². The predicted octanol–water partition coefficient (Wildman–Crippen LogP) is 3.38. The Labute approximate surface area is 100 Å². The van der Waals surface area contributed by atoms with Gasteiger partial charge in [-0.05, 0) is 41.9 Å². The van der Waals surface area contributed by atoms with Crippen molar-refractivity contribution in [3.8, 4) is 0 Å². The molecule has 16 heavy (non-hydrogen) atoms. The molecule has 0 aliphatic heterocycles. The fourth-order valence-corrected chi connectivity index (χ4v) is 3.89. The maximum absolute atomic E-state index is 5.68. The summed E-state index contributed by atoms with van der Waals surface area (Å²) in [5.74, 6) is 1.49. The largest absolute Gasteiger partial charge is 0.301 e. The molecule has 1 N–H and O–H groups in total. The third-order valence-corrected chi connectivity index (χ3v) is 4.89. The normalized spacial score (nSPS) is 40.9. The van der Waals surface area contributed by atoms with Crippen molar-refractivity contribution in [2.24, 2.45) is 22.7 Å². The highest BCUT2D eigenvalue weighted by molar-refractivity contribution is 5.11. The van der Waals surface area contributed by atoms with Gasteiger partial charge in [-0.1, -0.05) is 34.6 Å². The lowest BCUT2D eigenvalue weighted by Crippen LogP contribution is -2.50. The molecule has 0 saturated heterocycles. The number of hydrogen-bond acceptors (Lipinski definition) is 2. The van der Waals surface area contributed by atoms with Crippen LogP contribution in [0, 0.1) is 22.7 Å². The van der Waals surface area contributed by atoms with E-state index in [-0.39, 0.29) is 0 Å². The van der Waals surface area contributed by atoms with Gasteiger partial charge in [0.05, 0.1) is 6.61 Å². The van der Waals surface area contributed by atoms with Crippen LogP contribution in [0.15, 0.2) is 0 Å². The molecule has 2 saturated carbocycles. The zero-order valence-corrected chi connectivity index (χ0v) is 11.5. The van der Waals surface area contributed by atoms with Crippen LogP contribution in [0.25, 0.3) is 0 Å². The summed E-state index contributed by atoms with van der Waals surface area (Å²) in [5, 5.41) is 0. The monoisotopic (exact) mass is 225 g/mol. The minimum atomic E-state index is 0.393. The Morgan fingerprint density at radius 1 is 1.31 bits per heavy atom. The van der Waals surface area contributed by atoms with Crippen LogP contribution in [-0.4, -0.2) is 12.6 Å². The van der Waals surface area contributed by atoms with Gasteiger partial charge in [0.2, 0.25) is 0 Å². The van der Waals surface area contributed by atoms with E-state index in [0.29, 0.717) is 22.8 Å². The standard InChI is InChI=1S/C14H27NO/c1-10(2)9-16-15-12-13(3,4)11-6-7-14(12,5)8-11/h10-12,15H,6-9H2,1-5H3. The lowest BCUT2D eigenvalue weighted by molar-refractivity contribution is -0.0606. The molecule has 2 bridgehead atoms. The molecular weight excluding hydrogens is 198 g/mol. The van der Waals surface area contributed by atoms with Gasteiger partial charge in [0.25, 0.3) is 0 Å². The van der Waals surface area contributed by atoms with Gasteiger partial charge < -0.3 is 4.84 Å². The molecular formula is C14H27NO. The first-order valence-corrected chi connectivity index (χ1v) is 6.73. The van der Waals surface area contributed by atoms with E-state index < -0.39 is 0 Å². The van der Waals surface area contributed by atoms with Crippen LogP contribution in [-0.2, 0) is 4.84 Å². The Balaban J connectivity index is 1.97. The molecule has 3 unspecified atom stereocenters. The van der Waals surface area contributed by atoms with Crippen molar-refractivity contribution in [2.75, 3.05) is 6.61 Å². The zero-order valence-electron chi connectivity index (χ0n) is 11.5. The maximum atomic E-state index is 5.68. The van der Waals surface area contributed by atoms with Gasteiger partial charge in [-0.2, -0.15) is 5.48 Å². The number of hydrogen-bond donors (Lipinski definition) is 1. The number of fused-ring (bicyclic) bond motifs is 2. The molecule has 0 aromatic rings. The quantitative estimate of drug-likeness (QED) is 0.741. The van der Waals surface area contributed by atoms with Crippen molar-refractivity contribution in [3.05, 3.63) is 0 Å². The van der Waals surface area contributed by atoms with Gasteiger partial charge in [0.15, 0.2) is 0 Å². The minimum absolute atomic E-state index is 0.393. The highest BCUT2D eigenvalue weighted by Crippen LogP contribution is 2.62. The zero-order chi connectivity index (χ0) is 12.0. The summed E-state index contributed by atoms with van der Waals surface area (Å²) in [6.45, 7) is 12.4. The first-order chi connectivity index (χ1) is 7.36. The average molecular weight is 225 g/mol. The highest BCUT2D eigenvalue weighted by Gasteiger charge is 2.59. The molecule has 0 amide bonds. The lowest BCUT2D eigenvalue weighted by Gasteiger charge is -2.42.